The Morgan fingerprint density at radius 3 is 2.23 bits per heavy atom. The largest absolute Gasteiger partial charge is 0.481 e. The lowest BCUT2D eigenvalue weighted by Gasteiger charge is -2.39. The van der Waals surface area contributed by atoms with Gasteiger partial charge in [0.25, 0.3) is 6.01 Å². The summed E-state index contributed by atoms with van der Waals surface area (Å²) in [7, 11) is -2.92. The number of ether oxygens (including phenoxy) is 1. The van der Waals surface area contributed by atoms with Crippen LogP contribution in [-0.4, -0.2) is 70.5 Å². The minimum absolute atomic E-state index is 0.00262. The van der Waals surface area contributed by atoms with Crippen molar-refractivity contribution in [2.24, 2.45) is 11.8 Å². The van der Waals surface area contributed by atoms with Crippen LogP contribution in [0.3, 0.4) is 0 Å². The maximum Gasteiger partial charge on any atom is 0.303 e. The number of aromatic amines is 1. The first kappa shape index (κ1) is 29.6. The van der Waals surface area contributed by atoms with Gasteiger partial charge in [-0.25, -0.2) is 13.4 Å². The number of H-pyrrole nitrogens is 1. The highest BCUT2D eigenvalue weighted by molar-refractivity contribution is 7.90. The van der Waals surface area contributed by atoms with E-state index >= 15 is 0 Å². The minimum atomic E-state index is -2.92. The van der Waals surface area contributed by atoms with Gasteiger partial charge in [0.1, 0.15) is 15.9 Å². The van der Waals surface area contributed by atoms with Crippen LogP contribution in [0.25, 0.3) is 33.5 Å². The number of carboxylic acid groups (broad SMARTS) is 1. The number of aromatic nitrogens is 3. The van der Waals surface area contributed by atoms with Crippen molar-refractivity contribution >= 4 is 38.6 Å². The van der Waals surface area contributed by atoms with E-state index in [0.717, 1.165) is 62.0 Å². The van der Waals surface area contributed by atoms with Crippen molar-refractivity contribution in [3.8, 4) is 28.4 Å². The quantitative estimate of drug-likeness (QED) is 0.226. The third kappa shape index (κ3) is 7.37. The van der Waals surface area contributed by atoms with Gasteiger partial charge in [-0.2, -0.15) is 4.98 Å². The smallest absolute Gasteiger partial charge is 0.303 e. The van der Waals surface area contributed by atoms with Gasteiger partial charge in [-0.1, -0.05) is 60.1 Å². The summed E-state index contributed by atoms with van der Waals surface area (Å²) in [6, 6.07) is 18.8. The Kier molecular flexibility index (Phi) is 8.44. The van der Waals surface area contributed by atoms with Crippen molar-refractivity contribution < 1.29 is 23.1 Å². The fourth-order valence-corrected chi connectivity index (χ4v) is 7.56. The highest BCUT2D eigenvalue weighted by atomic mass is 35.5. The lowest BCUT2D eigenvalue weighted by molar-refractivity contribution is -0.138. The highest BCUT2D eigenvalue weighted by Gasteiger charge is 2.29. The van der Waals surface area contributed by atoms with Gasteiger partial charge in [0.15, 0.2) is 5.65 Å². The number of benzene rings is 2. The predicted molar refractivity (Wildman–Crippen MR) is 167 cm³/mol. The van der Waals surface area contributed by atoms with Crippen LogP contribution in [0.4, 0.5) is 0 Å². The zero-order valence-corrected chi connectivity index (χ0v) is 25.6. The lowest BCUT2D eigenvalue weighted by atomic mass is 9.85. The van der Waals surface area contributed by atoms with E-state index in [1.807, 2.05) is 18.2 Å². The Morgan fingerprint density at radius 1 is 0.977 bits per heavy atom. The monoisotopic (exact) mass is 622 g/mol. The Labute approximate surface area is 256 Å². The molecule has 2 N–H and O–H groups in total. The maximum atomic E-state index is 11.5. The molecule has 2 fully saturated rings. The SMILES string of the molecule is CS(=O)(=O)CC1CN(Cc2ccc(-c3ccc(-c4nc5nc(O[C@H]6CC[C@H](CC(=O)O)CC6)[nH]c5cc4Cl)cc3)cc2)C1. The number of aliphatic carboxylic acids is 1. The number of fused-ring (bicyclic) bond motifs is 1. The van der Waals surface area contributed by atoms with E-state index in [0.29, 0.717) is 27.9 Å². The molecule has 1 aliphatic carbocycles. The van der Waals surface area contributed by atoms with Crippen LogP contribution in [0.2, 0.25) is 5.02 Å². The molecule has 0 unspecified atom stereocenters. The average Bonchev–Trinajstić information content (AvgIpc) is 3.33. The van der Waals surface area contributed by atoms with Crippen LogP contribution in [0, 0.1) is 11.8 Å². The van der Waals surface area contributed by atoms with Gasteiger partial charge in [-0.05, 0) is 60.3 Å². The standard InChI is InChI=1S/C32H35ClN4O5S/c1-43(40,41)19-22-17-37(18-22)16-21-2-6-23(7-3-21)24-8-10-25(11-9-24)30-27(33)15-28-31(35-30)36-32(34-28)42-26-12-4-20(5-13-26)14-29(38)39/h2-3,6-11,15,20,22,26H,4-5,12-14,16-19H2,1H3,(H,38,39)(H,34,35,36)/t20-,26-. The van der Waals surface area contributed by atoms with Crippen molar-refractivity contribution in [1.82, 2.24) is 19.9 Å². The normalized spacial score (nSPS) is 19.8. The molecule has 0 atom stereocenters. The number of imidazole rings is 1. The molecule has 9 nitrogen and oxygen atoms in total. The van der Waals surface area contributed by atoms with Crippen LogP contribution < -0.4 is 4.74 Å². The van der Waals surface area contributed by atoms with E-state index in [-0.39, 0.29) is 30.1 Å². The maximum absolute atomic E-state index is 11.5. The van der Waals surface area contributed by atoms with Gasteiger partial charge in [0, 0.05) is 37.9 Å². The molecule has 0 bridgehead atoms. The molecule has 2 aromatic heterocycles. The predicted octanol–water partition coefficient (Wildman–Crippen LogP) is 5.83. The van der Waals surface area contributed by atoms with Crippen molar-refractivity contribution in [1.29, 1.82) is 0 Å². The number of sulfone groups is 1. The third-order valence-corrected chi connectivity index (χ3v) is 9.73. The zero-order valence-electron chi connectivity index (χ0n) is 24.0. The first-order valence-electron chi connectivity index (χ1n) is 14.6. The second kappa shape index (κ2) is 12.3. The number of carbonyl (C=O) groups is 1. The molecule has 11 heteroatoms. The van der Waals surface area contributed by atoms with Gasteiger partial charge in [0.05, 0.1) is 22.0 Å². The molecular weight excluding hydrogens is 588 g/mol. The summed E-state index contributed by atoms with van der Waals surface area (Å²) in [6.45, 7) is 2.46. The summed E-state index contributed by atoms with van der Waals surface area (Å²) in [5, 5.41) is 9.55. The summed E-state index contributed by atoms with van der Waals surface area (Å²) in [5.74, 6) is -0.0267. The minimum Gasteiger partial charge on any atom is -0.481 e. The number of nitrogens with one attached hydrogen (secondary N) is 1. The second-order valence-corrected chi connectivity index (χ2v) is 14.6. The van der Waals surface area contributed by atoms with E-state index in [2.05, 4.69) is 51.3 Å². The van der Waals surface area contributed by atoms with Crippen LogP contribution >= 0.6 is 11.6 Å². The molecule has 1 saturated heterocycles. The van der Waals surface area contributed by atoms with Gasteiger partial charge in [-0.3, -0.25) is 9.69 Å². The molecule has 6 rings (SSSR count). The number of rotatable bonds is 10. The number of likely N-dealkylation sites (tertiary alicyclic amines) is 1. The summed E-state index contributed by atoms with van der Waals surface area (Å²) >= 11 is 6.64. The molecule has 43 heavy (non-hydrogen) atoms. The molecule has 2 aromatic carbocycles. The third-order valence-electron chi connectivity index (χ3n) is 8.36. The molecule has 0 amide bonds. The summed E-state index contributed by atoms with van der Waals surface area (Å²) < 4.78 is 29.1. The zero-order chi connectivity index (χ0) is 30.1. The number of hydrogen-bond donors (Lipinski definition) is 2. The Balaban J connectivity index is 1.07. The van der Waals surface area contributed by atoms with E-state index in [1.54, 1.807) is 0 Å². The van der Waals surface area contributed by atoms with Crippen LogP contribution in [0.5, 0.6) is 6.01 Å². The molecule has 3 heterocycles. The molecule has 2 aliphatic rings. The number of carboxylic acids is 1. The molecule has 1 saturated carbocycles. The number of nitrogens with zero attached hydrogens (tertiary/aromatic N) is 3. The van der Waals surface area contributed by atoms with Gasteiger partial charge < -0.3 is 14.8 Å². The van der Waals surface area contributed by atoms with E-state index < -0.39 is 15.8 Å². The van der Waals surface area contributed by atoms with E-state index in [1.165, 1.54) is 11.8 Å². The van der Waals surface area contributed by atoms with Crippen molar-refractivity contribution in [2.75, 3.05) is 25.1 Å². The lowest BCUT2D eigenvalue weighted by Crippen LogP contribution is -2.48. The fraction of sp³-hybridized carbons (Fsp3) is 0.406. The highest BCUT2D eigenvalue weighted by Crippen LogP contribution is 2.33. The summed E-state index contributed by atoms with van der Waals surface area (Å²) in [4.78, 5) is 25.7. The van der Waals surface area contributed by atoms with Crippen LogP contribution in [-0.2, 0) is 21.2 Å². The molecule has 226 valence electrons. The number of pyridine rings is 1. The van der Waals surface area contributed by atoms with E-state index in [4.69, 9.17) is 26.4 Å². The topological polar surface area (TPSA) is 125 Å². The molecule has 0 spiro atoms. The Bertz CT molecular complexity index is 1710. The first-order chi connectivity index (χ1) is 20.6. The summed E-state index contributed by atoms with van der Waals surface area (Å²) in [5.41, 5.74) is 6.15. The van der Waals surface area contributed by atoms with Gasteiger partial charge in [-0.15, -0.1) is 0 Å². The average molecular weight is 623 g/mol. The molecule has 0 radical (unpaired) electrons. The number of halogens is 1. The van der Waals surface area contributed by atoms with Gasteiger partial charge >= 0.3 is 5.97 Å². The van der Waals surface area contributed by atoms with Crippen LogP contribution in [0.15, 0.2) is 54.6 Å². The van der Waals surface area contributed by atoms with Gasteiger partial charge in [0.2, 0.25) is 0 Å². The summed E-state index contributed by atoms with van der Waals surface area (Å²) in [6.07, 6.45) is 4.78. The van der Waals surface area contributed by atoms with Crippen LogP contribution in [0.1, 0.15) is 37.7 Å². The van der Waals surface area contributed by atoms with Crippen molar-refractivity contribution in [3.05, 3.63) is 65.2 Å². The Hall–Kier alpha value is -3.47. The molecule has 1 aliphatic heterocycles. The van der Waals surface area contributed by atoms with Crippen molar-refractivity contribution in [2.45, 2.75) is 44.8 Å². The Morgan fingerprint density at radius 2 is 1.60 bits per heavy atom. The molecule has 4 aromatic rings. The molecular formula is C32H35ClN4O5S. The fourth-order valence-electron chi connectivity index (χ4n) is 6.23. The van der Waals surface area contributed by atoms with Crippen molar-refractivity contribution in [3.63, 3.8) is 0 Å². The second-order valence-electron chi connectivity index (χ2n) is 12.0. The van der Waals surface area contributed by atoms with E-state index in [9.17, 15) is 13.2 Å². The number of hydrogen-bond acceptors (Lipinski definition) is 7. The first-order valence-corrected chi connectivity index (χ1v) is 17.1.